The molecular formula is C17H21N3O4. The summed E-state index contributed by atoms with van der Waals surface area (Å²) in [4.78, 5) is 43.5. The summed E-state index contributed by atoms with van der Waals surface area (Å²) in [6, 6.07) is 1.35. The van der Waals surface area contributed by atoms with Gasteiger partial charge in [-0.3, -0.25) is 19.0 Å². The van der Waals surface area contributed by atoms with Crippen molar-refractivity contribution >= 4 is 11.6 Å². The first-order chi connectivity index (χ1) is 11.4. The van der Waals surface area contributed by atoms with Gasteiger partial charge in [-0.1, -0.05) is 6.92 Å². The lowest BCUT2D eigenvalue weighted by atomic mass is 10.0. The van der Waals surface area contributed by atoms with Gasteiger partial charge in [0.25, 0.3) is 5.56 Å². The highest BCUT2D eigenvalue weighted by molar-refractivity contribution is 6.03. The first kappa shape index (κ1) is 17.8. The Morgan fingerprint density at radius 1 is 1.38 bits per heavy atom. The molecule has 0 fully saturated rings. The van der Waals surface area contributed by atoms with E-state index in [2.05, 4.69) is 9.97 Å². The minimum absolute atomic E-state index is 0.0811. The molecule has 0 aliphatic carbocycles. The van der Waals surface area contributed by atoms with Gasteiger partial charge in [0.2, 0.25) is 0 Å². The van der Waals surface area contributed by atoms with E-state index >= 15 is 0 Å². The molecular weight excluding hydrogens is 310 g/mol. The number of rotatable bonds is 7. The molecule has 7 heteroatoms. The molecule has 0 atom stereocenters. The summed E-state index contributed by atoms with van der Waals surface area (Å²) < 4.78 is 6.17. The van der Waals surface area contributed by atoms with Crippen LogP contribution in [0.15, 0.2) is 17.2 Å². The van der Waals surface area contributed by atoms with E-state index in [4.69, 9.17) is 4.74 Å². The molecule has 1 N–H and O–H groups in total. The van der Waals surface area contributed by atoms with Crippen molar-refractivity contribution in [2.24, 2.45) is 0 Å². The van der Waals surface area contributed by atoms with Crippen LogP contribution in [0.25, 0.3) is 0 Å². The Bertz CT molecular complexity index is 833. The zero-order valence-corrected chi connectivity index (χ0v) is 14.3. The van der Waals surface area contributed by atoms with Crippen molar-refractivity contribution in [3.8, 4) is 0 Å². The van der Waals surface area contributed by atoms with E-state index in [9.17, 15) is 14.4 Å². The highest BCUT2D eigenvalue weighted by atomic mass is 16.5. The van der Waals surface area contributed by atoms with E-state index in [0.29, 0.717) is 34.6 Å². The van der Waals surface area contributed by atoms with Crippen LogP contribution in [0.2, 0.25) is 0 Å². The third-order valence-corrected chi connectivity index (χ3v) is 3.82. The Labute approximate surface area is 139 Å². The van der Waals surface area contributed by atoms with Crippen LogP contribution in [-0.4, -0.2) is 33.2 Å². The monoisotopic (exact) mass is 331 g/mol. The molecule has 0 radical (unpaired) electrons. The number of Topliss-reactive ketones (excluding diaryl/α,β-unsaturated/α-hetero) is 2. The van der Waals surface area contributed by atoms with Crippen LogP contribution in [0.4, 0.5) is 0 Å². The van der Waals surface area contributed by atoms with Gasteiger partial charge < -0.3 is 9.72 Å². The standard InChI is InChI=1S/C17H21N3O4/c1-5-13-16(11(3)21)10(2)19-17(13)14(22)7-20-9-18-12(8-24-4)6-15(20)23/h6,9,19H,5,7-8H2,1-4H3. The van der Waals surface area contributed by atoms with Crippen molar-refractivity contribution in [3.63, 3.8) is 0 Å². The van der Waals surface area contributed by atoms with Gasteiger partial charge in [0.1, 0.15) is 0 Å². The molecule has 24 heavy (non-hydrogen) atoms. The van der Waals surface area contributed by atoms with Crippen LogP contribution in [0.3, 0.4) is 0 Å². The largest absolute Gasteiger partial charge is 0.378 e. The van der Waals surface area contributed by atoms with Crippen LogP contribution in [-0.2, 0) is 24.3 Å². The molecule has 2 aromatic heterocycles. The smallest absolute Gasteiger partial charge is 0.254 e. The molecule has 2 heterocycles. The maximum atomic E-state index is 12.6. The molecule has 2 aromatic rings. The Morgan fingerprint density at radius 2 is 2.08 bits per heavy atom. The van der Waals surface area contributed by atoms with Gasteiger partial charge in [0, 0.05) is 24.4 Å². The summed E-state index contributed by atoms with van der Waals surface area (Å²) in [5, 5.41) is 0. The van der Waals surface area contributed by atoms with E-state index < -0.39 is 0 Å². The van der Waals surface area contributed by atoms with Crippen molar-refractivity contribution in [1.29, 1.82) is 0 Å². The fourth-order valence-corrected chi connectivity index (χ4v) is 2.79. The molecule has 2 rings (SSSR count). The Hall–Kier alpha value is -2.54. The predicted molar refractivity (Wildman–Crippen MR) is 88.5 cm³/mol. The number of nitrogens with zero attached hydrogens (tertiary/aromatic N) is 2. The van der Waals surface area contributed by atoms with Gasteiger partial charge in [-0.05, 0) is 25.8 Å². The number of H-pyrrole nitrogens is 1. The maximum Gasteiger partial charge on any atom is 0.254 e. The number of hydrogen-bond donors (Lipinski definition) is 1. The highest BCUT2D eigenvalue weighted by Crippen LogP contribution is 2.21. The van der Waals surface area contributed by atoms with Crippen molar-refractivity contribution in [2.45, 2.75) is 40.3 Å². The fourth-order valence-electron chi connectivity index (χ4n) is 2.79. The highest BCUT2D eigenvalue weighted by Gasteiger charge is 2.21. The molecule has 0 saturated carbocycles. The van der Waals surface area contributed by atoms with Crippen molar-refractivity contribution in [1.82, 2.24) is 14.5 Å². The van der Waals surface area contributed by atoms with E-state index in [0.717, 1.165) is 0 Å². The molecule has 0 amide bonds. The average Bonchev–Trinajstić information content (AvgIpc) is 2.87. The molecule has 128 valence electrons. The van der Waals surface area contributed by atoms with Crippen molar-refractivity contribution < 1.29 is 14.3 Å². The number of ether oxygens (including phenoxy) is 1. The first-order valence-corrected chi connectivity index (χ1v) is 7.68. The third-order valence-electron chi connectivity index (χ3n) is 3.82. The summed E-state index contributed by atoms with van der Waals surface area (Å²) in [6.07, 6.45) is 1.89. The number of aryl methyl sites for hydroxylation is 1. The summed E-state index contributed by atoms with van der Waals surface area (Å²) >= 11 is 0. The predicted octanol–water partition coefficient (Wildman–Crippen LogP) is 1.67. The number of aromatic nitrogens is 3. The van der Waals surface area contributed by atoms with Crippen molar-refractivity contribution in [3.05, 3.63) is 51.0 Å². The van der Waals surface area contributed by atoms with Gasteiger partial charge in [-0.25, -0.2) is 4.98 Å². The van der Waals surface area contributed by atoms with Gasteiger partial charge in [0.05, 0.1) is 30.9 Å². The van der Waals surface area contributed by atoms with Gasteiger partial charge >= 0.3 is 0 Å². The number of carbonyl (C=O) groups excluding carboxylic acids is 2. The lowest BCUT2D eigenvalue weighted by Crippen LogP contribution is -2.25. The SMILES string of the molecule is CCc1c(C(=O)Cn2cnc(COC)cc2=O)[nH]c(C)c1C(C)=O. The minimum atomic E-state index is -0.321. The van der Waals surface area contributed by atoms with Gasteiger partial charge in [-0.2, -0.15) is 0 Å². The lowest BCUT2D eigenvalue weighted by Gasteiger charge is -2.06. The van der Waals surface area contributed by atoms with Crippen LogP contribution < -0.4 is 5.56 Å². The van der Waals surface area contributed by atoms with Crippen LogP contribution in [0.5, 0.6) is 0 Å². The minimum Gasteiger partial charge on any atom is -0.378 e. The van der Waals surface area contributed by atoms with Crippen molar-refractivity contribution in [2.75, 3.05) is 7.11 Å². The van der Waals surface area contributed by atoms with Crippen LogP contribution in [0, 0.1) is 6.92 Å². The second kappa shape index (κ2) is 7.35. The summed E-state index contributed by atoms with van der Waals surface area (Å²) in [7, 11) is 1.52. The Morgan fingerprint density at radius 3 is 2.62 bits per heavy atom. The van der Waals surface area contributed by atoms with E-state index in [-0.39, 0.29) is 30.3 Å². The summed E-state index contributed by atoms with van der Waals surface area (Å²) in [5.74, 6) is -0.340. The second-order valence-corrected chi connectivity index (χ2v) is 5.59. The molecule has 0 aliphatic rings. The number of ketones is 2. The quantitative estimate of drug-likeness (QED) is 0.779. The Kier molecular flexibility index (Phi) is 5.46. The van der Waals surface area contributed by atoms with E-state index in [1.54, 1.807) is 6.92 Å². The molecule has 0 spiro atoms. The number of nitrogens with one attached hydrogen (secondary N) is 1. The molecule has 7 nitrogen and oxygen atoms in total. The molecule has 0 aliphatic heterocycles. The maximum absolute atomic E-state index is 12.6. The lowest BCUT2D eigenvalue weighted by molar-refractivity contribution is 0.0964. The topological polar surface area (TPSA) is 94.1 Å². The fraction of sp³-hybridized carbons (Fsp3) is 0.412. The van der Waals surface area contributed by atoms with Gasteiger partial charge in [-0.15, -0.1) is 0 Å². The molecule has 0 bridgehead atoms. The summed E-state index contributed by atoms with van der Waals surface area (Å²) in [6.45, 7) is 5.23. The number of hydrogen-bond acceptors (Lipinski definition) is 5. The second-order valence-electron chi connectivity index (χ2n) is 5.59. The van der Waals surface area contributed by atoms with Crippen LogP contribution >= 0.6 is 0 Å². The van der Waals surface area contributed by atoms with E-state index in [1.165, 1.54) is 31.0 Å². The Balaban J connectivity index is 2.32. The zero-order valence-electron chi connectivity index (χ0n) is 14.3. The number of carbonyl (C=O) groups is 2. The normalized spacial score (nSPS) is 10.8. The molecule has 0 saturated heterocycles. The molecule has 0 unspecified atom stereocenters. The first-order valence-electron chi connectivity index (χ1n) is 7.68. The molecule has 0 aromatic carbocycles. The van der Waals surface area contributed by atoms with E-state index in [1.807, 2.05) is 6.92 Å². The third kappa shape index (κ3) is 3.51. The summed E-state index contributed by atoms with van der Waals surface area (Å²) in [5.41, 5.74) is 2.49. The zero-order chi connectivity index (χ0) is 17.9. The number of aromatic amines is 1. The number of methoxy groups -OCH3 is 1. The van der Waals surface area contributed by atoms with Gasteiger partial charge in [0.15, 0.2) is 11.6 Å². The van der Waals surface area contributed by atoms with Crippen LogP contribution in [0.1, 0.15) is 51.6 Å². The average molecular weight is 331 g/mol.